The van der Waals surface area contributed by atoms with Crippen molar-refractivity contribution in [1.82, 2.24) is 20.1 Å². The molecule has 1 aromatic rings. The molecule has 0 radical (unpaired) electrons. The molecule has 0 aliphatic heterocycles. The van der Waals surface area contributed by atoms with Crippen molar-refractivity contribution in [2.45, 2.75) is 38.3 Å². The minimum absolute atomic E-state index is 0.135. The molecule has 2 rings (SSSR count). The number of aryl methyl sites for hydroxylation is 1. The predicted octanol–water partition coefficient (Wildman–Crippen LogP) is 0.719. The van der Waals surface area contributed by atoms with Crippen molar-refractivity contribution in [3.63, 3.8) is 0 Å². The third-order valence-electron chi connectivity index (χ3n) is 3.49. The summed E-state index contributed by atoms with van der Waals surface area (Å²) in [5.41, 5.74) is -0.870. The second-order valence-electron chi connectivity index (χ2n) is 4.95. The van der Waals surface area contributed by atoms with Crippen LogP contribution in [0.15, 0.2) is 6.33 Å². The van der Waals surface area contributed by atoms with Crippen molar-refractivity contribution in [2.24, 2.45) is 13.0 Å². The summed E-state index contributed by atoms with van der Waals surface area (Å²) in [4.78, 5) is 11.4. The molecule has 1 heterocycles. The highest BCUT2D eigenvalue weighted by atomic mass is 16.4. The van der Waals surface area contributed by atoms with E-state index in [4.69, 9.17) is 0 Å². The summed E-state index contributed by atoms with van der Waals surface area (Å²) in [6, 6.07) is -0.135. The molecule has 94 valence electrons. The first-order valence-electron chi connectivity index (χ1n) is 5.80. The minimum Gasteiger partial charge on any atom is -0.480 e. The van der Waals surface area contributed by atoms with Gasteiger partial charge < -0.3 is 9.67 Å². The minimum atomic E-state index is -0.870. The van der Waals surface area contributed by atoms with Crippen LogP contribution in [-0.4, -0.2) is 31.4 Å². The predicted molar refractivity (Wildman–Crippen MR) is 61.3 cm³/mol. The largest absolute Gasteiger partial charge is 0.480 e. The number of aliphatic carboxylic acids is 1. The van der Waals surface area contributed by atoms with Crippen LogP contribution < -0.4 is 5.32 Å². The Morgan fingerprint density at radius 1 is 1.71 bits per heavy atom. The number of aromatic nitrogens is 3. The molecule has 6 nitrogen and oxygen atoms in total. The number of carboxylic acids is 1. The summed E-state index contributed by atoms with van der Waals surface area (Å²) in [6.07, 6.45) is 3.56. The van der Waals surface area contributed by atoms with Gasteiger partial charge in [0, 0.05) is 7.05 Å². The zero-order valence-corrected chi connectivity index (χ0v) is 10.3. The molecule has 0 aromatic carbocycles. The van der Waals surface area contributed by atoms with E-state index in [1.807, 2.05) is 14.0 Å². The Labute approximate surface area is 100 Å². The van der Waals surface area contributed by atoms with Gasteiger partial charge in [0.15, 0.2) is 0 Å². The monoisotopic (exact) mass is 238 g/mol. The van der Waals surface area contributed by atoms with Crippen molar-refractivity contribution in [3.05, 3.63) is 12.2 Å². The average molecular weight is 238 g/mol. The molecule has 1 saturated carbocycles. The highest BCUT2D eigenvalue weighted by Gasteiger charge is 2.48. The third kappa shape index (κ3) is 2.17. The van der Waals surface area contributed by atoms with Crippen LogP contribution in [0.5, 0.6) is 0 Å². The van der Waals surface area contributed by atoms with E-state index in [2.05, 4.69) is 15.5 Å². The molecule has 1 aromatic heterocycles. The van der Waals surface area contributed by atoms with Crippen LogP contribution in [0.4, 0.5) is 0 Å². The summed E-state index contributed by atoms with van der Waals surface area (Å²) >= 11 is 0. The van der Waals surface area contributed by atoms with Crippen LogP contribution in [0.25, 0.3) is 0 Å². The fourth-order valence-electron chi connectivity index (χ4n) is 2.21. The standard InChI is InChI=1S/C11H18N4O2/c1-7(9-14-12-6-15(9)3)13-11(2,10(16)17)8-4-5-8/h6-8,13H,4-5H2,1-3H3,(H,16,17). The molecule has 2 unspecified atom stereocenters. The second kappa shape index (κ2) is 4.10. The van der Waals surface area contributed by atoms with Crippen molar-refractivity contribution in [3.8, 4) is 0 Å². The van der Waals surface area contributed by atoms with Gasteiger partial charge >= 0.3 is 5.97 Å². The number of rotatable bonds is 5. The summed E-state index contributed by atoms with van der Waals surface area (Å²) in [6.45, 7) is 3.66. The van der Waals surface area contributed by atoms with E-state index in [9.17, 15) is 9.90 Å². The van der Waals surface area contributed by atoms with E-state index in [1.165, 1.54) is 0 Å². The smallest absolute Gasteiger partial charge is 0.323 e. The molecule has 1 aliphatic rings. The van der Waals surface area contributed by atoms with E-state index in [0.717, 1.165) is 18.7 Å². The Balaban J connectivity index is 2.14. The Bertz CT molecular complexity index is 427. The average Bonchev–Trinajstić information content (AvgIpc) is 3.01. The number of nitrogens with zero attached hydrogens (tertiary/aromatic N) is 3. The first-order chi connectivity index (χ1) is 7.95. The van der Waals surface area contributed by atoms with Gasteiger partial charge in [0.2, 0.25) is 0 Å². The quantitative estimate of drug-likeness (QED) is 0.790. The molecule has 0 amide bonds. The Morgan fingerprint density at radius 3 is 2.76 bits per heavy atom. The fourth-order valence-corrected chi connectivity index (χ4v) is 2.21. The lowest BCUT2D eigenvalue weighted by Gasteiger charge is -2.29. The van der Waals surface area contributed by atoms with Crippen LogP contribution >= 0.6 is 0 Å². The number of hydrogen-bond acceptors (Lipinski definition) is 4. The topological polar surface area (TPSA) is 80.0 Å². The second-order valence-corrected chi connectivity index (χ2v) is 4.95. The number of hydrogen-bond donors (Lipinski definition) is 2. The number of carbonyl (C=O) groups is 1. The van der Waals surface area contributed by atoms with Gasteiger partial charge in [-0.15, -0.1) is 10.2 Å². The van der Waals surface area contributed by atoms with Crippen LogP contribution in [0.1, 0.15) is 38.6 Å². The zero-order chi connectivity index (χ0) is 12.6. The molecule has 17 heavy (non-hydrogen) atoms. The molecule has 1 fully saturated rings. The van der Waals surface area contributed by atoms with Gasteiger partial charge in [0.25, 0.3) is 0 Å². The fraction of sp³-hybridized carbons (Fsp3) is 0.727. The van der Waals surface area contributed by atoms with E-state index < -0.39 is 11.5 Å². The summed E-state index contributed by atoms with van der Waals surface area (Å²) < 4.78 is 1.80. The lowest BCUT2D eigenvalue weighted by molar-refractivity contribution is -0.145. The highest BCUT2D eigenvalue weighted by Crippen LogP contribution is 2.40. The van der Waals surface area contributed by atoms with Gasteiger partial charge in [-0.2, -0.15) is 0 Å². The van der Waals surface area contributed by atoms with E-state index in [0.29, 0.717) is 0 Å². The van der Waals surface area contributed by atoms with Gasteiger partial charge in [-0.3, -0.25) is 10.1 Å². The number of carboxylic acid groups (broad SMARTS) is 1. The van der Waals surface area contributed by atoms with Crippen LogP contribution in [0, 0.1) is 5.92 Å². The molecular weight excluding hydrogens is 220 g/mol. The summed E-state index contributed by atoms with van der Waals surface area (Å²) in [5.74, 6) is 0.169. The Morgan fingerprint density at radius 2 is 2.35 bits per heavy atom. The van der Waals surface area contributed by atoms with E-state index >= 15 is 0 Å². The molecular formula is C11H18N4O2. The normalized spacial score (nSPS) is 20.9. The van der Waals surface area contributed by atoms with Crippen molar-refractivity contribution >= 4 is 5.97 Å². The zero-order valence-electron chi connectivity index (χ0n) is 10.3. The van der Waals surface area contributed by atoms with Gasteiger partial charge in [-0.1, -0.05) is 0 Å². The Hall–Kier alpha value is -1.43. The first-order valence-corrected chi connectivity index (χ1v) is 5.80. The molecule has 2 atom stereocenters. The molecule has 0 spiro atoms. The molecule has 0 bridgehead atoms. The lowest BCUT2D eigenvalue weighted by atomic mass is 9.95. The highest BCUT2D eigenvalue weighted by molar-refractivity contribution is 5.79. The van der Waals surface area contributed by atoms with Crippen LogP contribution in [0.3, 0.4) is 0 Å². The lowest BCUT2D eigenvalue weighted by Crippen LogP contribution is -2.52. The first kappa shape index (κ1) is 12.0. The van der Waals surface area contributed by atoms with Crippen LogP contribution in [0.2, 0.25) is 0 Å². The summed E-state index contributed by atoms with van der Waals surface area (Å²) in [7, 11) is 1.85. The SMILES string of the molecule is CC(NC(C)(C(=O)O)C1CC1)c1nncn1C. The third-order valence-corrected chi connectivity index (χ3v) is 3.49. The summed E-state index contributed by atoms with van der Waals surface area (Å²) in [5, 5.41) is 20.3. The van der Waals surface area contributed by atoms with Gasteiger partial charge in [-0.25, -0.2) is 0 Å². The molecule has 2 N–H and O–H groups in total. The van der Waals surface area contributed by atoms with Gasteiger partial charge in [0.05, 0.1) is 6.04 Å². The van der Waals surface area contributed by atoms with Crippen molar-refractivity contribution < 1.29 is 9.90 Å². The Kier molecular flexibility index (Phi) is 2.91. The van der Waals surface area contributed by atoms with Crippen molar-refractivity contribution in [2.75, 3.05) is 0 Å². The molecule has 0 saturated heterocycles. The maximum Gasteiger partial charge on any atom is 0.323 e. The van der Waals surface area contributed by atoms with Crippen molar-refractivity contribution in [1.29, 1.82) is 0 Å². The maximum absolute atomic E-state index is 11.4. The molecule has 1 aliphatic carbocycles. The van der Waals surface area contributed by atoms with E-state index in [1.54, 1.807) is 17.8 Å². The van der Waals surface area contributed by atoms with Crippen LogP contribution in [-0.2, 0) is 11.8 Å². The van der Waals surface area contributed by atoms with E-state index in [-0.39, 0.29) is 12.0 Å². The maximum atomic E-state index is 11.4. The number of nitrogens with one attached hydrogen (secondary N) is 1. The van der Waals surface area contributed by atoms with Gasteiger partial charge in [-0.05, 0) is 32.6 Å². The van der Waals surface area contributed by atoms with Gasteiger partial charge in [0.1, 0.15) is 17.7 Å². The molecule has 6 heteroatoms.